The second kappa shape index (κ2) is 10.0. The van der Waals surface area contributed by atoms with Crippen LogP contribution < -0.4 is 5.32 Å². The van der Waals surface area contributed by atoms with Crippen LogP contribution in [0.5, 0.6) is 0 Å². The van der Waals surface area contributed by atoms with Crippen LogP contribution in [0, 0.1) is 5.92 Å². The molecule has 0 spiro atoms. The number of ether oxygens (including phenoxy) is 1. The van der Waals surface area contributed by atoms with Crippen LogP contribution in [-0.4, -0.2) is 77.8 Å². The predicted molar refractivity (Wildman–Crippen MR) is 125 cm³/mol. The molecule has 3 heterocycles. The number of nitrogens with one attached hydrogen (secondary N) is 1. The summed E-state index contributed by atoms with van der Waals surface area (Å²) in [4.78, 5) is 55.9. The number of amides is 4. The van der Waals surface area contributed by atoms with Gasteiger partial charge in [-0.2, -0.15) is 0 Å². The van der Waals surface area contributed by atoms with Crippen molar-refractivity contribution in [2.24, 2.45) is 5.92 Å². The average molecular weight is 489 g/mol. The number of hydrogen-bond donors (Lipinski definition) is 1. The first kappa shape index (κ1) is 24.1. The molecule has 0 saturated carbocycles. The number of rotatable bonds is 6. The largest absolute Gasteiger partial charge is 0.466 e. The fraction of sp³-hybridized carbons (Fsp3) is 0.500. The maximum Gasteiger partial charge on any atom is 0.322 e. The third kappa shape index (κ3) is 4.61. The molecule has 1 N–H and O–H groups in total. The van der Waals surface area contributed by atoms with E-state index >= 15 is 0 Å². The Morgan fingerprint density at radius 2 is 1.79 bits per heavy atom. The van der Waals surface area contributed by atoms with Crippen molar-refractivity contribution in [3.8, 4) is 0 Å². The highest BCUT2D eigenvalue weighted by atomic mass is 35.5. The zero-order valence-electron chi connectivity index (χ0n) is 19.4. The third-order valence-electron chi connectivity index (χ3n) is 6.61. The van der Waals surface area contributed by atoms with E-state index in [2.05, 4.69) is 5.32 Å². The van der Waals surface area contributed by atoms with Crippen LogP contribution >= 0.6 is 11.6 Å². The van der Waals surface area contributed by atoms with Gasteiger partial charge in [0.05, 0.1) is 36.4 Å². The Balaban J connectivity index is 1.46. The molecule has 10 heteroatoms. The van der Waals surface area contributed by atoms with Crippen molar-refractivity contribution in [3.63, 3.8) is 0 Å². The number of piperidine rings is 1. The Morgan fingerprint density at radius 1 is 1.12 bits per heavy atom. The standard InChI is InChI=1S/C24H29ClN4O5/c1-3-29-18-13-28(14-19(30)27-11-9-16(10-12-27)23(32)34-4-2)22(31)20(18)21(26-24(29)33)15-5-7-17(25)8-6-15/h5-8,16,21H,3-4,9-14H2,1-2H3,(H,26,33). The summed E-state index contributed by atoms with van der Waals surface area (Å²) in [6.45, 7) is 5.40. The van der Waals surface area contributed by atoms with Crippen molar-refractivity contribution >= 4 is 35.4 Å². The van der Waals surface area contributed by atoms with E-state index in [9.17, 15) is 19.2 Å². The molecule has 1 saturated heterocycles. The van der Waals surface area contributed by atoms with Gasteiger partial charge < -0.3 is 19.9 Å². The highest BCUT2D eigenvalue weighted by molar-refractivity contribution is 6.30. The first-order valence-corrected chi connectivity index (χ1v) is 12.0. The molecule has 0 aromatic heterocycles. The number of likely N-dealkylation sites (tertiary alicyclic amines) is 1. The SMILES string of the molecule is CCOC(=O)C1CCN(C(=O)CN2CC3=C(C2=O)C(c2ccc(Cl)cc2)NC(=O)N3CC)CC1. The van der Waals surface area contributed by atoms with Crippen LogP contribution in [0.25, 0.3) is 0 Å². The number of carbonyl (C=O) groups excluding carboxylic acids is 4. The van der Waals surface area contributed by atoms with Crippen molar-refractivity contribution < 1.29 is 23.9 Å². The highest BCUT2D eigenvalue weighted by Gasteiger charge is 2.44. The molecule has 1 fully saturated rings. The molecule has 1 aromatic rings. The lowest BCUT2D eigenvalue weighted by atomic mass is 9.95. The van der Waals surface area contributed by atoms with Crippen LogP contribution in [0.4, 0.5) is 4.79 Å². The topological polar surface area (TPSA) is 99.3 Å². The van der Waals surface area contributed by atoms with Gasteiger partial charge in [0.2, 0.25) is 5.91 Å². The molecule has 4 amide bonds. The second-order valence-corrected chi connectivity index (χ2v) is 9.04. The maximum atomic E-state index is 13.4. The number of likely N-dealkylation sites (N-methyl/N-ethyl adjacent to an activating group) is 1. The van der Waals surface area contributed by atoms with Crippen LogP contribution in [-0.2, 0) is 19.1 Å². The summed E-state index contributed by atoms with van der Waals surface area (Å²) < 4.78 is 5.09. The van der Waals surface area contributed by atoms with E-state index in [1.807, 2.05) is 6.92 Å². The van der Waals surface area contributed by atoms with E-state index in [1.165, 1.54) is 4.90 Å². The van der Waals surface area contributed by atoms with Gasteiger partial charge in [-0.3, -0.25) is 19.3 Å². The van der Waals surface area contributed by atoms with Gasteiger partial charge in [0.15, 0.2) is 0 Å². The lowest BCUT2D eigenvalue weighted by molar-refractivity contribution is -0.151. The molecule has 0 bridgehead atoms. The Hall–Kier alpha value is -3.07. The lowest BCUT2D eigenvalue weighted by Gasteiger charge is -2.33. The van der Waals surface area contributed by atoms with Crippen LogP contribution in [0.2, 0.25) is 5.02 Å². The Morgan fingerprint density at radius 3 is 2.41 bits per heavy atom. The van der Waals surface area contributed by atoms with Gasteiger partial charge in [-0.1, -0.05) is 23.7 Å². The summed E-state index contributed by atoms with van der Waals surface area (Å²) in [6.07, 6.45) is 1.10. The molecule has 1 atom stereocenters. The second-order valence-electron chi connectivity index (χ2n) is 8.61. The molecule has 1 unspecified atom stereocenters. The minimum absolute atomic E-state index is 0.0744. The van der Waals surface area contributed by atoms with Gasteiger partial charge in [0.1, 0.15) is 6.54 Å². The van der Waals surface area contributed by atoms with Gasteiger partial charge in [-0.05, 0) is 44.4 Å². The van der Waals surface area contributed by atoms with E-state index in [-0.39, 0.29) is 42.8 Å². The molecule has 4 rings (SSSR count). The minimum atomic E-state index is -0.601. The van der Waals surface area contributed by atoms with E-state index in [4.69, 9.17) is 16.3 Å². The number of carbonyl (C=O) groups is 4. The van der Waals surface area contributed by atoms with Crippen molar-refractivity contribution in [2.75, 3.05) is 39.3 Å². The van der Waals surface area contributed by atoms with Crippen molar-refractivity contribution in [2.45, 2.75) is 32.7 Å². The number of halogens is 1. The highest BCUT2D eigenvalue weighted by Crippen LogP contribution is 2.36. The van der Waals surface area contributed by atoms with Crippen LogP contribution in [0.1, 0.15) is 38.3 Å². The zero-order valence-corrected chi connectivity index (χ0v) is 20.1. The predicted octanol–water partition coefficient (Wildman–Crippen LogP) is 2.32. The molecule has 1 aromatic carbocycles. The number of hydrogen-bond acceptors (Lipinski definition) is 5. The Kier molecular flexibility index (Phi) is 7.11. The summed E-state index contributed by atoms with van der Waals surface area (Å²) in [5, 5.41) is 3.48. The molecule has 0 aliphatic carbocycles. The number of nitrogens with zero attached hydrogens (tertiary/aromatic N) is 3. The molecule has 34 heavy (non-hydrogen) atoms. The Labute approximate surface area is 203 Å². The van der Waals surface area contributed by atoms with Gasteiger partial charge in [0.25, 0.3) is 5.91 Å². The minimum Gasteiger partial charge on any atom is -0.466 e. The molecule has 0 radical (unpaired) electrons. The third-order valence-corrected chi connectivity index (χ3v) is 6.86. The van der Waals surface area contributed by atoms with E-state index in [0.29, 0.717) is 55.4 Å². The average Bonchev–Trinajstić information content (AvgIpc) is 3.15. The van der Waals surface area contributed by atoms with Crippen molar-refractivity contribution in [1.29, 1.82) is 0 Å². The summed E-state index contributed by atoms with van der Waals surface area (Å²) in [5.41, 5.74) is 1.87. The number of benzene rings is 1. The first-order chi connectivity index (χ1) is 16.3. The summed E-state index contributed by atoms with van der Waals surface area (Å²) in [6, 6.07) is 6.13. The maximum absolute atomic E-state index is 13.4. The van der Waals surface area contributed by atoms with E-state index in [0.717, 1.165) is 5.56 Å². The zero-order chi connectivity index (χ0) is 24.4. The van der Waals surface area contributed by atoms with Crippen molar-refractivity contribution in [3.05, 3.63) is 46.1 Å². The summed E-state index contributed by atoms with van der Waals surface area (Å²) >= 11 is 6.01. The van der Waals surface area contributed by atoms with Gasteiger partial charge >= 0.3 is 12.0 Å². The molecule has 3 aliphatic heterocycles. The number of esters is 1. The molecular formula is C24H29ClN4O5. The molecule has 182 valence electrons. The monoisotopic (exact) mass is 488 g/mol. The van der Waals surface area contributed by atoms with Gasteiger partial charge in [0, 0.05) is 24.7 Å². The number of urea groups is 1. The molecule has 3 aliphatic rings. The fourth-order valence-corrected chi connectivity index (χ4v) is 4.93. The van der Waals surface area contributed by atoms with Crippen LogP contribution in [0.15, 0.2) is 35.5 Å². The quantitative estimate of drug-likeness (QED) is 0.619. The van der Waals surface area contributed by atoms with E-state index < -0.39 is 6.04 Å². The van der Waals surface area contributed by atoms with Gasteiger partial charge in [-0.15, -0.1) is 0 Å². The summed E-state index contributed by atoms with van der Waals surface area (Å²) in [7, 11) is 0. The first-order valence-electron chi connectivity index (χ1n) is 11.6. The Bertz CT molecular complexity index is 1020. The smallest absolute Gasteiger partial charge is 0.322 e. The normalized spacial score (nSPS) is 21.0. The fourth-order valence-electron chi connectivity index (χ4n) is 4.80. The van der Waals surface area contributed by atoms with Crippen LogP contribution in [0.3, 0.4) is 0 Å². The van der Waals surface area contributed by atoms with Crippen molar-refractivity contribution in [1.82, 2.24) is 20.0 Å². The lowest BCUT2D eigenvalue weighted by Crippen LogP contribution is -2.47. The molecule has 9 nitrogen and oxygen atoms in total. The van der Waals surface area contributed by atoms with E-state index in [1.54, 1.807) is 41.0 Å². The van der Waals surface area contributed by atoms with Gasteiger partial charge in [-0.25, -0.2) is 4.79 Å². The molecular weight excluding hydrogens is 460 g/mol. The summed E-state index contributed by atoms with van der Waals surface area (Å²) in [5.74, 6) is -0.836.